The minimum absolute atomic E-state index is 0.0326. The number of likely N-dealkylation sites (N-methyl/N-ethyl adjacent to an activating group) is 1. The maximum atomic E-state index is 14.0. The second-order valence-corrected chi connectivity index (χ2v) is 4.95. The summed E-state index contributed by atoms with van der Waals surface area (Å²) in [6.07, 6.45) is 0. The molecule has 0 unspecified atom stereocenters. The number of carbonyl (C=O) groups excluding carboxylic acids is 1. The first-order valence-electron chi connectivity index (χ1n) is 6.14. The Labute approximate surface area is 112 Å². The molecule has 0 spiro atoms. The van der Waals surface area contributed by atoms with Gasteiger partial charge >= 0.3 is 0 Å². The zero-order chi connectivity index (χ0) is 14.6. The zero-order valence-corrected chi connectivity index (χ0v) is 11.7. The molecule has 0 saturated carbocycles. The van der Waals surface area contributed by atoms with Crippen molar-refractivity contribution in [1.29, 1.82) is 0 Å². The maximum Gasteiger partial charge on any atom is 0.257 e. The van der Waals surface area contributed by atoms with Gasteiger partial charge in [-0.15, -0.1) is 0 Å². The van der Waals surface area contributed by atoms with E-state index in [-0.39, 0.29) is 17.9 Å². The van der Waals surface area contributed by atoms with Crippen LogP contribution in [0.25, 0.3) is 0 Å². The number of carbonyl (C=O) groups is 1. The highest BCUT2D eigenvalue weighted by Gasteiger charge is 2.25. The normalized spacial score (nSPS) is 11.3. The van der Waals surface area contributed by atoms with Crippen LogP contribution >= 0.6 is 0 Å². The molecule has 19 heavy (non-hydrogen) atoms. The second kappa shape index (κ2) is 6.02. The lowest BCUT2D eigenvalue weighted by Gasteiger charge is -2.28. The quantitative estimate of drug-likeness (QED) is 0.890. The smallest absolute Gasteiger partial charge is 0.257 e. The monoisotopic (exact) mass is 269 g/mol. The van der Waals surface area contributed by atoms with E-state index in [4.69, 9.17) is 4.74 Å². The highest BCUT2D eigenvalue weighted by atomic mass is 19.1. The Kier molecular flexibility index (Phi) is 4.89. The van der Waals surface area contributed by atoms with E-state index < -0.39 is 17.3 Å². The molecule has 0 aliphatic rings. The summed E-state index contributed by atoms with van der Waals surface area (Å²) in [7, 11) is 1.35. The van der Waals surface area contributed by atoms with Gasteiger partial charge < -0.3 is 14.7 Å². The van der Waals surface area contributed by atoms with Gasteiger partial charge in [0.15, 0.2) is 11.6 Å². The minimum Gasteiger partial charge on any atom is -0.494 e. The summed E-state index contributed by atoms with van der Waals surface area (Å²) in [4.78, 5) is 13.7. The molecule has 0 saturated heterocycles. The molecule has 0 aromatic heterocycles. The van der Waals surface area contributed by atoms with Gasteiger partial charge in [-0.25, -0.2) is 4.39 Å². The molecular weight excluding hydrogens is 249 g/mol. The maximum absolute atomic E-state index is 14.0. The third-order valence-corrected chi connectivity index (χ3v) is 2.66. The van der Waals surface area contributed by atoms with Gasteiger partial charge in [0.2, 0.25) is 0 Å². The Morgan fingerprint density at radius 3 is 2.58 bits per heavy atom. The molecule has 0 heterocycles. The number of hydrogen-bond acceptors (Lipinski definition) is 3. The first-order chi connectivity index (χ1) is 8.80. The Balaban J connectivity index is 3.04. The first kappa shape index (κ1) is 15.4. The Morgan fingerprint density at radius 2 is 2.11 bits per heavy atom. The van der Waals surface area contributed by atoms with Crippen LogP contribution in [0.2, 0.25) is 0 Å². The fourth-order valence-corrected chi connectivity index (χ4v) is 1.80. The van der Waals surface area contributed by atoms with Crippen molar-refractivity contribution in [2.45, 2.75) is 26.4 Å². The average molecular weight is 269 g/mol. The molecule has 0 radical (unpaired) electrons. The largest absolute Gasteiger partial charge is 0.494 e. The fraction of sp³-hybridized carbons (Fsp3) is 0.500. The van der Waals surface area contributed by atoms with Gasteiger partial charge in [0.05, 0.1) is 18.3 Å². The van der Waals surface area contributed by atoms with Crippen LogP contribution < -0.4 is 4.74 Å². The third-order valence-electron chi connectivity index (χ3n) is 2.66. The van der Waals surface area contributed by atoms with Crippen LogP contribution in [0, 0.1) is 5.82 Å². The van der Waals surface area contributed by atoms with E-state index >= 15 is 0 Å². The minimum atomic E-state index is -1.03. The van der Waals surface area contributed by atoms with Gasteiger partial charge in [0.1, 0.15) is 0 Å². The van der Waals surface area contributed by atoms with E-state index in [0.717, 1.165) is 0 Å². The Hall–Kier alpha value is -1.62. The molecule has 0 atom stereocenters. The standard InChI is InChI=1S/C14H20FNO3/c1-5-16(9-14(2,3)18)13(17)10-7-6-8-11(19-4)12(10)15/h6-8,18H,5,9H2,1-4H3. The first-order valence-corrected chi connectivity index (χ1v) is 6.14. The van der Waals surface area contributed by atoms with Crippen LogP contribution in [-0.2, 0) is 0 Å². The summed E-state index contributed by atoms with van der Waals surface area (Å²) in [5.41, 5.74) is -1.08. The number of amides is 1. The number of nitrogens with zero attached hydrogens (tertiary/aromatic N) is 1. The van der Waals surface area contributed by atoms with Crippen LogP contribution in [0.15, 0.2) is 18.2 Å². The molecule has 4 nitrogen and oxygen atoms in total. The van der Waals surface area contributed by atoms with Crippen molar-refractivity contribution >= 4 is 5.91 Å². The van der Waals surface area contributed by atoms with Crippen molar-refractivity contribution in [3.63, 3.8) is 0 Å². The molecule has 1 aromatic rings. The molecule has 0 aliphatic heterocycles. The van der Waals surface area contributed by atoms with Crippen LogP contribution in [0.1, 0.15) is 31.1 Å². The predicted molar refractivity (Wildman–Crippen MR) is 70.8 cm³/mol. The van der Waals surface area contributed by atoms with Gasteiger partial charge in [-0.05, 0) is 32.9 Å². The summed E-state index contributed by atoms with van der Waals surface area (Å²) in [5, 5.41) is 9.77. The zero-order valence-electron chi connectivity index (χ0n) is 11.7. The van der Waals surface area contributed by atoms with Crippen LogP contribution in [-0.4, -0.2) is 41.7 Å². The van der Waals surface area contributed by atoms with E-state index in [1.807, 2.05) is 0 Å². The molecule has 1 N–H and O–H groups in total. The van der Waals surface area contributed by atoms with Crippen LogP contribution in [0.3, 0.4) is 0 Å². The highest BCUT2D eigenvalue weighted by Crippen LogP contribution is 2.21. The SMILES string of the molecule is CCN(CC(C)(C)O)C(=O)c1cccc(OC)c1F. The van der Waals surface area contributed by atoms with E-state index in [0.29, 0.717) is 6.54 Å². The topological polar surface area (TPSA) is 49.8 Å². The van der Waals surface area contributed by atoms with E-state index in [9.17, 15) is 14.3 Å². The molecule has 106 valence electrons. The van der Waals surface area contributed by atoms with Crippen molar-refractivity contribution in [2.75, 3.05) is 20.2 Å². The highest BCUT2D eigenvalue weighted by molar-refractivity contribution is 5.95. The summed E-state index contributed by atoms with van der Waals surface area (Å²) in [6, 6.07) is 4.43. The number of benzene rings is 1. The molecular formula is C14H20FNO3. The number of hydrogen-bond donors (Lipinski definition) is 1. The second-order valence-electron chi connectivity index (χ2n) is 4.95. The summed E-state index contributed by atoms with van der Waals surface area (Å²) in [5.74, 6) is -1.10. The molecule has 0 bridgehead atoms. The lowest BCUT2D eigenvalue weighted by Crippen LogP contribution is -2.42. The van der Waals surface area contributed by atoms with Gasteiger partial charge in [-0.3, -0.25) is 4.79 Å². The number of methoxy groups -OCH3 is 1. The molecule has 1 aromatic carbocycles. The van der Waals surface area contributed by atoms with Gasteiger partial charge in [0, 0.05) is 13.1 Å². The van der Waals surface area contributed by atoms with Crippen molar-refractivity contribution in [3.8, 4) is 5.75 Å². The van der Waals surface area contributed by atoms with Gasteiger partial charge in [-0.2, -0.15) is 0 Å². The van der Waals surface area contributed by atoms with Crippen LogP contribution in [0.4, 0.5) is 4.39 Å². The lowest BCUT2D eigenvalue weighted by molar-refractivity contribution is 0.0312. The van der Waals surface area contributed by atoms with Crippen molar-refractivity contribution in [3.05, 3.63) is 29.6 Å². The molecule has 1 amide bonds. The van der Waals surface area contributed by atoms with Crippen molar-refractivity contribution < 1.29 is 19.0 Å². The molecule has 5 heteroatoms. The molecule has 1 rings (SSSR count). The summed E-state index contributed by atoms with van der Waals surface area (Å²) >= 11 is 0. The summed E-state index contributed by atoms with van der Waals surface area (Å²) < 4.78 is 18.9. The van der Waals surface area contributed by atoms with Gasteiger partial charge in [-0.1, -0.05) is 6.07 Å². The predicted octanol–water partition coefficient (Wildman–Crippen LogP) is 2.07. The van der Waals surface area contributed by atoms with Gasteiger partial charge in [0.25, 0.3) is 5.91 Å². The number of rotatable bonds is 5. The van der Waals surface area contributed by atoms with Crippen LogP contribution in [0.5, 0.6) is 5.75 Å². The van der Waals surface area contributed by atoms with E-state index in [1.165, 1.54) is 24.1 Å². The van der Waals surface area contributed by atoms with E-state index in [1.54, 1.807) is 26.8 Å². The average Bonchev–Trinajstić information content (AvgIpc) is 2.34. The number of aliphatic hydroxyl groups is 1. The summed E-state index contributed by atoms with van der Waals surface area (Å²) in [6.45, 7) is 5.51. The number of halogens is 1. The number of ether oxygens (including phenoxy) is 1. The fourth-order valence-electron chi connectivity index (χ4n) is 1.80. The Morgan fingerprint density at radius 1 is 1.47 bits per heavy atom. The Bertz CT molecular complexity index is 454. The third kappa shape index (κ3) is 3.92. The molecule has 0 fully saturated rings. The molecule has 0 aliphatic carbocycles. The van der Waals surface area contributed by atoms with Crippen molar-refractivity contribution in [2.24, 2.45) is 0 Å². The van der Waals surface area contributed by atoms with E-state index in [2.05, 4.69) is 0 Å². The lowest BCUT2D eigenvalue weighted by atomic mass is 10.1. The van der Waals surface area contributed by atoms with Crippen molar-refractivity contribution in [1.82, 2.24) is 4.90 Å².